The number of rotatable bonds is 5. The summed E-state index contributed by atoms with van der Waals surface area (Å²) in [5, 5.41) is 0. The second-order valence-corrected chi connectivity index (χ2v) is 2.97. The number of alkyl halides is 1. The van der Waals surface area contributed by atoms with Crippen molar-refractivity contribution < 1.29 is 23.5 Å². The highest BCUT2D eigenvalue weighted by molar-refractivity contribution is 5.87. The molecular weight excluding hydrogens is 203 g/mol. The molecule has 0 saturated heterocycles. The maximum atomic E-state index is 12.8. The summed E-state index contributed by atoms with van der Waals surface area (Å²) >= 11 is 0. The molecule has 15 heavy (non-hydrogen) atoms. The van der Waals surface area contributed by atoms with E-state index in [1.807, 2.05) is 0 Å². The van der Waals surface area contributed by atoms with Gasteiger partial charge in [-0.05, 0) is 13.8 Å². The van der Waals surface area contributed by atoms with E-state index in [1.165, 1.54) is 13.8 Å². The third kappa shape index (κ3) is 5.61. The van der Waals surface area contributed by atoms with Gasteiger partial charge in [-0.1, -0.05) is 13.2 Å². The lowest BCUT2D eigenvalue weighted by Crippen LogP contribution is -2.21. The minimum absolute atomic E-state index is 0.0730. The molecule has 0 aromatic rings. The summed E-state index contributed by atoms with van der Waals surface area (Å²) in [6, 6.07) is 0. The van der Waals surface area contributed by atoms with Crippen LogP contribution < -0.4 is 0 Å². The third-order valence-electron chi connectivity index (χ3n) is 1.28. The SMILES string of the molecule is C=C(C)C(=O)OCC(F)OC(=O)C(=C)C. The van der Waals surface area contributed by atoms with Crippen LogP contribution in [0.3, 0.4) is 0 Å². The Hall–Kier alpha value is -1.65. The molecule has 0 fully saturated rings. The molecule has 0 amide bonds. The molecule has 0 aromatic carbocycles. The van der Waals surface area contributed by atoms with Crippen LogP contribution >= 0.6 is 0 Å². The Labute approximate surface area is 87.4 Å². The zero-order valence-electron chi connectivity index (χ0n) is 8.71. The van der Waals surface area contributed by atoms with Gasteiger partial charge < -0.3 is 9.47 Å². The predicted octanol–water partition coefficient (Wildman–Crippen LogP) is 1.52. The Balaban J connectivity index is 3.90. The molecule has 0 aliphatic carbocycles. The number of esters is 2. The van der Waals surface area contributed by atoms with Crippen LogP contribution in [-0.4, -0.2) is 24.9 Å². The van der Waals surface area contributed by atoms with Crippen LogP contribution in [0.1, 0.15) is 13.8 Å². The lowest BCUT2D eigenvalue weighted by molar-refractivity contribution is -0.164. The third-order valence-corrected chi connectivity index (χ3v) is 1.28. The Morgan fingerprint density at radius 2 is 1.67 bits per heavy atom. The first-order valence-electron chi connectivity index (χ1n) is 4.17. The molecule has 0 N–H and O–H groups in total. The Bertz CT molecular complexity index is 296. The van der Waals surface area contributed by atoms with Gasteiger partial charge in [0, 0.05) is 11.1 Å². The van der Waals surface area contributed by atoms with Crippen LogP contribution in [0.2, 0.25) is 0 Å². The van der Waals surface area contributed by atoms with Crippen molar-refractivity contribution in [1.82, 2.24) is 0 Å². The van der Waals surface area contributed by atoms with Crippen molar-refractivity contribution in [3.63, 3.8) is 0 Å². The summed E-state index contributed by atoms with van der Waals surface area (Å²) in [5.74, 6) is -1.60. The molecular formula is C10H13FO4. The van der Waals surface area contributed by atoms with Crippen LogP contribution in [0.15, 0.2) is 24.3 Å². The normalized spacial score (nSPS) is 11.4. The van der Waals surface area contributed by atoms with Gasteiger partial charge >= 0.3 is 11.9 Å². The van der Waals surface area contributed by atoms with Crippen molar-refractivity contribution in [1.29, 1.82) is 0 Å². The van der Waals surface area contributed by atoms with Gasteiger partial charge in [-0.2, -0.15) is 4.39 Å². The molecule has 0 rings (SSSR count). The van der Waals surface area contributed by atoms with Crippen LogP contribution in [-0.2, 0) is 19.1 Å². The van der Waals surface area contributed by atoms with Crippen molar-refractivity contribution in [2.75, 3.05) is 6.61 Å². The topological polar surface area (TPSA) is 52.6 Å². The van der Waals surface area contributed by atoms with E-state index in [0.29, 0.717) is 0 Å². The molecule has 1 unspecified atom stereocenters. The van der Waals surface area contributed by atoms with Crippen molar-refractivity contribution in [2.45, 2.75) is 20.2 Å². The van der Waals surface area contributed by atoms with E-state index in [-0.39, 0.29) is 11.1 Å². The molecule has 0 bridgehead atoms. The average molecular weight is 216 g/mol. The first kappa shape index (κ1) is 13.4. The minimum atomic E-state index is -1.99. The van der Waals surface area contributed by atoms with E-state index in [4.69, 9.17) is 0 Å². The van der Waals surface area contributed by atoms with Crippen molar-refractivity contribution >= 4 is 11.9 Å². The Kier molecular flexibility index (Phi) is 5.30. The zero-order valence-corrected chi connectivity index (χ0v) is 8.71. The lowest BCUT2D eigenvalue weighted by atomic mass is 10.4. The highest BCUT2D eigenvalue weighted by Crippen LogP contribution is 2.02. The van der Waals surface area contributed by atoms with Gasteiger partial charge in [0.1, 0.15) is 0 Å². The summed E-state index contributed by atoms with van der Waals surface area (Å²) < 4.78 is 21.5. The molecule has 0 aliphatic rings. The van der Waals surface area contributed by atoms with E-state index in [1.54, 1.807) is 0 Å². The smallest absolute Gasteiger partial charge is 0.335 e. The second-order valence-electron chi connectivity index (χ2n) is 2.97. The second kappa shape index (κ2) is 5.95. The van der Waals surface area contributed by atoms with Crippen LogP contribution in [0.25, 0.3) is 0 Å². The minimum Gasteiger partial charge on any atom is -0.455 e. The fraction of sp³-hybridized carbons (Fsp3) is 0.400. The summed E-state index contributed by atoms with van der Waals surface area (Å²) in [6.45, 7) is 8.73. The fourth-order valence-electron chi connectivity index (χ4n) is 0.515. The molecule has 1 atom stereocenters. The Morgan fingerprint density at radius 3 is 2.07 bits per heavy atom. The molecule has 0 spiro atoms. The first-order chi connectivity index (χ1) is 6.84. The molecule has 0 heterocycles. The van der Waals surface area contributed by atoms with Crippen LogP contribution in [0.4, 0.5) is 4.39 Å². The summed E-state index contributed by atoms with van der Waals surface area (Å²) in [4.78, 5) is 21.6. The zero-order chi connectivity index (χ0) is 12.0. The van der Waals surface area contributed by atoms with Crippen molar-refractivity contribution in [2.24, 2.45) is 0 Å². The fourth-order valence-corrected chi connectivity index (χ4v) is 0.515. The standard InChI is InChI=1S/C10H13FO4/c1-6(2)9(12)14-5-8(11)15-10(13)7(3)4/h8H,1,3,5H2,2,4H3. The maximum absolute atomic E-state index is 12.8. The van der Waals surface area contributed by atoms with Crippen molar-refractivity contribution in [3.05, 3.63) is 24.3 Å². The number of hydrogen-bond acceptors (Lipinski definition) is 4. The highest BCUT2D eigenvalue weighted by atomic mass is 19.1. The van der Waals surface area contributed by atoms with Crippen LogP contribution in [0, 0.1) is 0 Å². The predicted molar refractivity (Wildman–Crippen MR) is 51.6 cm³/mol. The first-order valence-corrected chi connectivity index (χ1v) is 4.17. The largest absolute Gasteiger partial charge is 0.455 e. The van der Waals surface area contributed by atoms with E-state index in [0.717, 1.165) is 0 Å². The molecule has 4 nitrogen and oxygen atoms in total. The van der Waals surface area contributed by atoms with Gasteiger partial charge in [0.25, 0.3) is 6.36 Å². The molecule has 0 aliphatic heterocycles. The molecule has 0 radical (unpaired) electrons. The maximum Gasteiger partial charge on any atom is 0.335 e. The molecule has 5 heteroatoms. The lowest BCUT2D eigenvalue weighted by Gasteiger charge is -2.10. The van der Waals surface area contributed by atoms with Gasteiger partial charge in [-0.3, -0.25) is 0 Å². The molecule has 84 valence electrons. The number of halogens is 1. The number of hydrogen-bond donors (Lipinski definition) is 0. The quantitative estimate of drug-likeness (QED) is 0.516. The monoisotopic (exact) mass is 216 g/mol. The average Bonchev–Trinajstić information content (AvgIpc) is 2.13. The van der Waals surface area contributed by atoms with E-state index in [2.05, 4.69) is 22.6 Å². The summed E-state index contributed by atoms with van der Waals surface area (Å²) in [7, 11) is 0. The number of carbonyl (C=O) groups excluding carboxylic acids is 2. The van der Waals surface area contributed by atoms with E-state index >= 15 is 0 Å². The van der Waals surface area contributed by atoms with Gasteiger partial charge in [0.05, 0.1) is 0 Å². The van der Waals surface area contributed by atoms with Crippen molar-refractivity contribution in [3.8, 4) is 0 Å². The Morgan fingerprint density at radius 1 is 1.20 bits per heavy atom. The van der Waals surface area contributed by atoms with Gasteiger partial charge in [-0.25, -0.2) is 9.59 Å². The highest BCUT2D eigenvalue weighted by Gasteiger charge is 2.15. The van der Waals surface area contributed by atoms with Crippen LogP contribution in [0.5, 0.6) is 0 Å². The van der Waals surface area contributed by atoms with Gasteiger partial charge in [0.2, 0.25) is 0 Å². The van der Waals surface area contributed by atoms with Gasteiger partial charge in [0.15, 0.2) is 6.61 Å². The van der Waals surface area contributed by atoms with E-state index < -0.39 is 24.9 Å². The van der Waals surface area contributed by atoms with E-state index in [9.17, 15) is 14.0 Å². The number of carbonyl (C=O) groups is 2. The van der Waals surface area contributed by atoms with Gasteiger partial charge in [-0.15, -0.1) is 0 Å². The molecule has 0 saturated carbocycles. The number of ether oxygens (including phenoxy) is 2. The summed E-state index contributed by atoms with van der Waals surface area (Å²) in [6.07, 6.45) is -1.99. The summed E-state index contributed by atoms with van der Waals surface area (Å²) in [5.41, 5.74) is 0.220. The molecule has 0 aromatic heterocycles.